The van der Waals surface area contributed by atoms with Gasteiger partial charge in [0.1, 0.15) is 0 Å². The van der Waals surface area contributed by atoms with Crippen molar-refractivity contribution in [1.29, 1.82) is 0 Å². The molecule has 0 saturated heterocycles. The van der Waals surface area contributed by atoms with Gasteiger partial charge in [-0.1, -0.05) is 18.2 Å². The molecule has 0 aliphatic rings. The fraction of sp³-hybridized carbons (Fsp3) is 0. The largest absolute Gasteiger partial charge is 1.00 e. The SMILES string of the molecule is O=S(O)O.O=[N+]([O-])c1ccccc1.[H-].[Na+]. The van der Waals surface area contributed by atoms with E-state index < -0.39 is 16.3 Å². The number of hydrogen-bond acceptors (Lipinski definition) is 3. The Hall–Kier alpha value is -0.310. The first kappa shape index (κ1) is 16.1. The van der Waals surface area contributed by atoms with Crippen molar-refractivity contribution in [3.8, 4) is 0 Å². The minimum atomic E-state index is -2.61. The summed E-state index contributed by atoms with van der Waals surface area (Å²) in [6, 6.07) is 7.93. The number of para-hydroxylation sites is 1. The van der Waals surface area contributed by atoms with E-state index in [1.165, 1.54) is 12.1 Å². The van der Waals surface area contributed by atoms with Gasteiger partial charge in [-0.15, -0.1) is 0 Å². The van der Waals surface area contributed by atoms with Crippen LogP contribution in [-0.2, 0) is 11.4 Å². The quantitative estimate of drug-likeness (QED) is 0.261. The first-order valence-corrected chi connectivity index (χ1v) is 4.09. The van der Waals surface area contributed by atoms with Crippen molar-refractivity contribution in [2.45, 2.75) is 0 Å². The van der Waals surface area contributed by atoms with Crippen LogP contribution >= 0.6 is 0 Å². The number of benzene rings is 1. The smallest absolute Gasteiger partial charge is 1.00 e. The summed E-state index contributed by atoms with van der Waals surface area (Å²) in [5.41, 5.74) is 0.137. The van der Waals surface area contributed by atoms with Gasteiger partial charge in [-0.3, -0.25) is 19.2 Å². The molecular weight excluding hydrogens is 221 g/mol. The summed E-state index contributed by atoms with van der Waals surface area (Å²) in [5.74, 6) is 0. The van der Waals surface area contributed by atoms with Crippen LogP contribution in [0.2, 0.25) is 0 Å². The van der Waals surface area contributed by atoms with Crippen molar-refractivity contribution >= 4 is 17.0 Å². The molecule has 14 heavy (non-hydrogen) atoms. The maximum absolute atomic E-state index is 10.0. The van der Waals surface area contributed by atoms with Crippen molar-refractivity contribution in [3.63, 3.8) is 0 Å². The van der Waals surface area contributed by atoms with Crippen LogP contribution in [-0.4, -0.2) is 18.2 Å². The number of nitro benzene ring substituents is 1. The number of nitro groups is 1. The Morgan fingerprint density at radius 3 is 1.86 bits per heavy atom. The Labute approximate surface area is 106 Å². The molecule has 0 unspecified atom stereocenters. The van der Waals surface area contributed by atoms with Crippen LogP contribution < -0.4 is 29.6 Å². The van der Waals surface area contributed by atoms with Crippen molar-refractivity contribution in [2.24, 2.45) is 0 Å². The number of nitrogens with zero attached hydrogens (tertiary/aromatic N) is 1. The number of rotatable bonds is 1. The van der Waals surface area contributed by atoms with Gasteiger partial charge in [0.15, 0.2) is 0 Å². The Morgan fingerprint density at radius 2 is 1.64 bits per heavy atom. The molecule has 6 nitrogen and oxygen atoms in total. The molecule has 2 N–H and O–H groups in total. The van der Waals surface area contributed by atoms with Crippen LogP contribution in [0, 0.1) is 10.1 Å². The first-order chi connectivity index (χ1) is 6.04. The van der Waals surface area contributed by atoms with Gasteiger partial charge in [-0.25, -0.2) is 0 Å². The van der Waals surface area contributed by atoms with Crippen LogP contribution in [0.25, 0.3) is 0 Å². The van der Waals surface area contributed by atoms with E-state index in [1.807, 2.05) is 0 Å². The zero-order valence-electron chi connectivity index (χ0n) is 8.36. The second-order valence-corrected chi connectivity index (χ2v) is 2.28. The van der Waals surface area contributed by atoms with E-state index in [2.05, 4.69) is 0 Å². The van der Waals surface area contributed by atoms with Gasteiger partial charge in [0.05, 0.1) is 4.92 Å². The molecule has 0 aromatic heterocycles. The fourth-order valence-corrected chi connectivity index (χ4v) is 0.550. The summed E-state index contributed by atoms with van der Waals surface area (Å²) in [5, 5.41) is 10.0. The number of non-ortho nitro benzene ring substituents is 1. The van der Waals surface area contributed by atoms with Gasteiger partial charge < -0.3 is 1.43 Å². The third-order valence-electron chi connectivity index (χ3n) is 0.967. The molecule has 0 saturated carbocycles. The molecule has 0 aliphatic heterocycles. The number of hydrogen-bond donors (Lipinski definition) is 2. The topological polar surface area (TPSA) is 101 Å². The summed E-state index contributed by atoms with van der Waals surface area (Å²) in [4.78, 5) is 9.59. The van der Waals surface area contributed by atoms with E-state index in [-0.39, 0.29) is 36.7 Å². The van der Waals surface area contributed by atoms with Gasteiger partial charge >= 0.3 is 29.6 Å². The second-order valence-electron chi connectivity index (χ2n) is 1.82. The standard InChI is InChI=1S/C6H5NO2.Na.H2O3S.H/c8-7(9)6-4-2-1-3-5-6;;1-4(2)3;/h1-5H;;(H2,1,2,3);/q;+1;;-1. The van der Waals surface area contributed by atoms with Crippen LogP contribution in [0.5, 0.6) is 0 Å². The van der Waals surface area contributed by atoms with Crippen molar-refractivity contribution in [3.05, 3.63) is 40.4 Å². The predicted molar refractivity (Wildman–Crippen MR) is 47.6 cm³/mol. The zero-order valence-corrected chi connectivity index (χ0v) is 10.2. The molecule has 0 amide bonds. The Balaban J connectivity index is -0.000000213. The maximum Gasteiger partial charge on any atom is 1.00 e. The molecule has 0 heterocycles. The van der Waals surface area contributed by atoms with E-state index >= 15 is 0 Å². The Morgan fingerprint density at radius 1 is 1.29 bits per heavy atom. The maximum atomic E-state index is 10.0. The molecule has 8 heteroatoms. The third-order valence-corrected chi connectivity index (χ3v) is 0.967. The van der Waals surface area contributed by atoms with Gasteiger partial charge in [0.25, 0.3) is 17.0 Å². The summed E-state index contributed by atoms with van der Waals surface area (Å²) in [7, 11) is 0. The fourth-order valence-electron chi connectivity index (χ4n) is 0.550. The molecule has 0 spiro atoms. The Bertz CT molecular complexity index is 295. The molecule has 0 aliphatic carbocycles. The normalized spacial score (nSPS) is 8.21. The van der Waals surface area contributed by atoms with Gasteiger partial charge in [-0.05, 0) is 0 Å². The minimum Gasteiger partial charge on any atom is -1.00 e. The molecule has 0 bridgehead atoms. The Kier molecular flexibility index (Phi) is 10.7. The van der Waals surface area contributed by atoms with E-state index in [4.69, 9.17) is 13.3 Å². The monoisotopic (exact) mass is 229 g/mol. The molecule has 1 aromatic rings. The summed E-state index contributed by atoms with van der Waals surface area (Å²) in [6.07, 6.45) is 0. The third kappa shape index (κ3) is 9.78. The van der Waals surface area contributed by atoms with Gasteiger partial charge in [-0.2, -0.15) is 4.21 Å². The van der Waals surface area contributed by atoms with Gasteiger partial charge in [0, 0.05) is 12.1 Å². The molecule has 74 valence electrons. The molecule has 0 radical (unpaired) electrons. The summed E-state index contributed by atoms with van der Waals surface area (Å²) < 4.78 is 22.8. The summed E-state index contributed by atoms with van der Waals surface area (Å²) in [6.45, 7) is 0. The predicted octanol–water partition coefficient (Wildman–Crippen LogP) is -1.61. The van der Waals surface area contributed by atoms with Crippen LogP contribution in [0.1, 0.15) is 1.43 Å². The summed E-state index contributed by atoms with van der Waals surface area (Å²) >= 11 is -2.61. The van der Waals surface area contributed by atoms with E-state index in [9.17, 15) is 10.1 Å². The average Bonchev–Trinajstić information content (AvgIpc) is 2.05. The zero-order chi connectivity index (χ0) is 10.3. The van der Waals surface area contributed by atoms with Crippen molar-refractivity contribution in [1.82, 2.24) is 0 Å². The van der Waals surface area contributed by atoms with Gasteiger partial charge in [0.2, 0.25) is 0 Å². The van der Waals surface area contributed by atoms with E-state index in [0.717, 1.165) is 0 Å². The molecule has 0 fully saturated rings. The van der Waals surface area contributed by atoms with Crippen molar-refractivity contribution < 1.29 is 49.2 Å². The van der Waals surface area contributed by atoms with Crippen LogP contribution in [0.4, 0.5) is 5.69 Å². The van der Waals surface area contributed by atoms with Crippen molar-refractivity contribution in [2.75, 3.05) is 0 Å². The molecule has 1 rings (SSSR count). The minimum absolute atomic E-state index is 0. The van der Waals surface area contributed by atoms with Crippen LogP contribution in [0.3, 0.4) is 0 Å². The second kappa shape index (κ2) is 9.25. The van der Waals surface area contributed by atoms with Crippen LogP contribution in [0.15, 0.2) is 30.3 Å². The molecular formula is C6H8NNaO5S. The average molecular weight is 229 g/mol. The van der Waals surface area contributed by atoms with E-state index in [1.54, 1.807) is 18.2 Å². The molecule has 1 aromatic carbocycles. The molecule has 0 atom stereocenters. The first-order valence-electron chi connectivity index (χ1n) is 3.03. The van der Waals surface area contributed by atoms with E-state index in [0.29, 0.717) is 0 Å².